The van der Waals surface area contributed by atoms with Gasteiger partial charge in [0.2, 0.25) is 11.8 Å². The van der Waals surface area contributed by atoms with Gasteiger partial charge in [-0.3, -0.25) is 9.59 Å². The second-order valence-corrected chi connectivity index (χ2v) is 4.46. The molecule has 0 aliphatic carbocycles. The molecule has 1 aromatic carbocycles. The summed E-state index contributed by atoms with van der Waals surface area (Å²) < 4.78 is 0. The molecule has 18 heavy (non-hydrogen) atoms. The minimum atomic E-state index is -0.586. The van der Waals surface area contributed by atoms with Crippen molar-refractivity contribution in [3.63, 3.8) is 0 Å². The Labute approximate surface area is 106 Å². The Morgan fingerprint density at radius 2 is 2.00 bits per heavy atom. The first-order chi connectivity index (χ1) is 8.49. The van der Waals surface area contributed by atoms with E-state index in [2.05, 4.69) is 0 Å². The van der Waals surface area contributed by atoms with Crippen LogP contribution in [0.5, 0.6) is 0 Å². The summed E-state index contributed by atoms with van der Waals surface area (Å²) in [4.78, 5) is 25.9. The Balaban J connectivity index is 2.18. The molecule has 1 heterocycles. The Bertz CT molecular complexity index is 470. The summed E-state index contributed by atoms with van der Waals surface area (Å²) in [7, 11) is 1.70. The number of hydrogen-bond donors (Lipinski definition) is 1. The van der Waals surface area contributed by atoms with Crippen molar-refractivity contribution < 1.29 is 14.7 Å². The lowest BCUT2D eigenvalue weighted by Crippen LogP contribution is -2.26. The second kappa shape index (κ2) is 4.78. The van der Waals surface area contributed by atoms with E-state index in [9.17, 15) is 14.7 Å². The molecule has 1 atom stereocenters. The van der Waals surface area contributed by atoms with Gasteiger partial charge in [0.15, 0.2) is 0 Å². The highest BCUT2D eigenvalue weighted by Gasteiger charge is 2.28. The van der Waals surface area contributed by atoms with Gasteiger partial charge in [0.25, 0.3) is 0 Å². The molecular formula is C13H16N2O3. The highest BCUT2D eigenvalue weighted by molar-refractivity contribution is 5.96. The highest BCUT2D eigenvalue weighted by atomic mass is 16.3. The second-order valence-electron chi connectivity index (χ2n) is 4.46. The molecule has 1 fully saturated rings. The van der Waals surface area contributed by atoms with E-state index in [-0.39, 0.29) is 18.2 Å². The van der Waals surface area contributed by atoms with E-state index in [1.165, 1.54) is 11.8 Å². The summed E-state index contributed by atoms with van der Waals surface area (Å²) in [6.45, 7) is 1.83. The lowest BCUT2D eigenvalue weighted by atomic mass is 10.2. The molecule has 1 aliphatic heterocycles. The number of nitrogens with zero attached hydrogens (tertiary/aromatic N) is 2. The monoisotopic (exact) mass is 248 g/mol. The molecule has 0 aromatic heterocycles. The van der Waals surface area contributed by atoms with E-state index < -0.39 is 6.10 Å². The first kappa shape index (κ1) is 12.6. The number of amides is 2. The van der Waals surface area contributed by atoms with Crippen molar-refractivity contribution in [3.05, 3.63) is 24.3 Å². The standard InChI is InChI=1S/C13H16N2O3/c1-9(16)14(2)10-3-5-11(6-4-10)15-8-12(17)7-13(15)18/h3-6,12,17H,7-8H2,1-2H3. The van der Waals surface area contributed by atoms with Gasteiger partial charge in [-0.25, -0.2) is 0 Å². The molecule has 0 spiro atoms. The first-order valence-electron chi connectivity index (χ1n) is 5.82. The molecule has 1 aromatic rings. The summed E-state index contributed by atoms with van der Waals surface area (Å²) in [5.74, 6) is -0.120. The van der Waals surface area contributed by atoms with Crippen LogP contribution in [0.3, 0.4) is 0 Å². The molecule has 2 amide bonds. The maximum absolute atomic E-state index is 11.6. The quantitative estimate of drug-likeness (QED) is 0.840. The molecular weight excluding hydrogens is 232 g/mol. The van der Waals surface area contributed by atoms with Crippen LogP contribution in [0.4, 0.5) is 11.4 Å². The SMILES string of the molecule is CC(=O)N(C)c1ccc(N2CC(O)CC2=O)cc1. The number of rotatable bonds is 2. The van der Waals surface area contributed by atoms with Crippen LogP contribution >= 0.6 is 0 Å². The molecule has 0 saturated carbocycles. The normalized spacial score (nSPS) is 19.2. The predicted molar refractivity (Wildman–Crippen MR) is 68.5 cm³/mol. The van der Waals surface area contributed by atoms with E-state index in [0.717, 1.165) is 11.4 Å². The van der Waals surface area contributed by atoms with E-state index in [0.29, 0.717) is 6.54 Å². The van der Waals surface area contributed by atoms with Crippen molar-refractivity contribution in [2.24, 2.45) is 0 Å². The minimum absolute atomic E-state index is 0.0459. The minimum Gasteiger partial charge on any atom is -0.391 e. The van der Waals surface area contributed by atoms with Crippen molar-refractivity contribution in [2.45, 2.75) is 19.4 Å². The fraction of sp³-hybridized carbons (Fsp3) is 0.385. The Morgan fingerprint density at radius 3 is 2.44 bits per heavy atom. The number of carbonyl (C=O) groups excluding carboxylic acids is 2. The van der Waals surface area contributed by atoms with Gasteiger partial charge in [-0.15, -0.1) is 0 Å². The summed E-state index contributed by atoms with van der Waals surface area (Å²) in [6, 6.07) is 7.14. The Morgan fingerprint density at radius 1 is 1.39 bits per heavy atom. The fourth-order valence-corrected chi connectivity index (χ4v) is 1.98. The maximum Gasteiger partial charge on any atom is 0.229 e. The van der Waals surface area contributed by atoms with Crippen molar-refractivity contribution in [3.8, 4) is 0 Å². The third kappa shape index (κ3) is 2.36. The fourth-order valence-electron chi connectivity index (χ4n) is 1.98. The number of anilines is 2. The van der Waals surface area contributed by atoms with Crippen LogP contribution in [0, 0.1) is 0 Å². The number of benzene rings is 1. The molecule has 5 heteroatoms. The number of β-amino-alcohol motifs (C(OH)–C–C–N with tert-alkyl or cyclic N) is 1. The number of aliphatic hydroxyl groups excluding tert-OH is 1. The molecule has 5 nitrogen and oxygen atoms in total. The van der Waals surface area contributed by atoms with Crippen LogP contribution in [0.15, 0.2) is 24.3 Å². The van der Waals surface area contributed by atoms with Gasteiger partial charge in [-0.2, -0.15) is 0 Å². The van der Waals surface area contributed by atoms with Gasteiger partial charge in [0.1, 0.15) is 0 Å². The number of aliphatic hydroxyl groups is 1. The topological polar surface area (TPSA) is 60.9 Å². The zero-order chi connectivity index (χ0) is 13.3. The van der Waals surface area contributed by atoms with Gasteiger partial charge in [0, 0.05) is 25.3 Å². The van der Waals surface area contributed by atoms with Gasteiger partial charge in [-0.05, 0) is 24.3 Å². The summed E-state index contributed by atoms with van der Waals surface area (Å²) in [5, 5.41) is 9.43. The van der Waals surface area contributed by atoms with E-state index in [1.54, 1.807) is 36.2 Å². The predicted octanol–water partition coefficient (Wildman–Crippen LogP) is 0.767. The van der Waals surface area contributed by atoms with Crippen LogP contribution in [-0.4, -0.2) is 36.6 Å². The molecule has 1 aliphatic rings. The smallest absolute Gasteiger partial charge is 0.229 e. The zero-order valence-corrected chi connectivity index (χ0v) is 10.5. The van der Waals surface area contributed by atoms with Gasteiger partial charge < -0.3 is 14.9 Å². The summed E-state index contributed by atoms with van der Waals surface area (Å²) in [5.41, 5.74) is 1.52. The Kier molecular flexibility index (Phi) is 3.34. The van der Waals surface area contributed by atoms with Gasteiger partial charge in [-0.1, -0.05) is 0 Å². The van der Waals surface area contributed by atoms with Crippen molar-refractivity contribution in [1.29, 1.82) is 0 Å². The van der Waals surface area contributed by atoms with Crippen LogP contribution in [-0.2, 0) is 9.59 Å². The largest absolute Gasteiger partial charge is 0.391 e. The number of carbonyl (C=O) groups is 2. The number of hydrogen-bond acceptors (Lipinski definition) is 3. The third-order valence-corrected chi connectivity index (χ3v) is 3.13. The summed E-state index contributed by atoms with van der Waals surface area (Å²) >= 11 is 0. The molecule has 0 bridgehead atoms. The highest BCUT2D eigenvalue weighted by Crippen LogP contribution is 2.24. The molecule has 1 unspecified atom stereocenters. The average Bonchev–Trinajstić information content (AvgIpc) is 2.67. The lowest BCUT2D eigenvalue weighted by Gasteiger charge is -2.19. The van der Waals surface area contributed by atoms with Crippen molar-refractivity contribution in [2.75, 3.05) is 23.4 Å². The van der Waals surface area contributed by atoms with Crippen LogP contribution in [0.2, 0.25) is 0 Å². The molecule has 2 rings (SSSR count). The first-order valence-corrected chi connectivity index (χ1v) is 5.82. The van der Waals surface area contributed by atoms with E-state index in [4.69, 9.17) is 0 Å². The van der Waals surface area contributed by atoms with E-state index >= 15 is 0 Å². The van der Waals surface area contributed by atoms with Crippen LogP contribution < -0.4 is 9.80 Å². The van der Waals surface area contributed by atoms with Crippen molar-refractivity contribution >= 4 is 23.2 Å². The van der Waals surface area contributed by atoms with Crippen molar-refractivity contribution in [1.82, 2.24) is 0 Å². The summed E-state index contributed by atoms with van der Waals surface area (Å²) in [6.07, 6.45) is -0.410. The van der Waals surface area contributed by atoms with Gasteiger partial charge >= 0.3 is 0 Å². The van der Waals surface area contributed by atoms with E-state index in [1.807, 2.05) is 0 Å². The zero-order valence-electron chi connectivity index (χ0n) is 10.5. The molecule has 1 saturated heterocycles. The average molecular weight is 248 g/mol. The third-order valence-electron chi connectivity index (χ3n) is 3.13. The Hall–Kier alpha value is -1.88. The van der Waals surface area contributed by atoms with Crippen LogP contribution in [0.1, 0.15) is 13.3 Å². The maximum atomic E-state index is 11.6. The van der Waals surface area contributed by atoms with Crippen LogP contribution in [0.25, 0.3) is 0 Å². The molecule has 0 radical (unpaired) electrons. The molecule has 96 valence electrons. The lowest BCUT2D eigenvalue weighted by molar-refractivity contribution is -0.118. The van der Waals surface area contributed by atoms with Gasteiger partial charge in [0.05, 0.1) is 19.1 Å². The molecule has 1 N–H and O–H groups in total.